The predicted octanol–water partition coefficient (Wildman–Crippen LogP) is 1.96. The molecule has 6 nitrogen and oxygen atoms in total. The first-order chi connectivity index (χ1) is 11.5. The van der Waals surface area contributed by atoms with Gasteiger partial charge in [0.15, 0.2) is 0 Å². The van der Waals surface area contributed by atoms with Crippen LogP contribution in [-0.2, 0) is 16.0 Å². The first-order valence-electron chi connectivity index (χ1n) is 8.49. The van der Waals surface area contributed by atoms with Crippen LogP contribution in [0.25, 0.3) is 0 Å². The smallest absolute Gasteiger partial charge is 0.322 e. The van der Waals surface area contributed by atoms with Crippen molar-refractivity contribution in [3.05, 3.63) is 29.8 Å². The number of urea groups is 1. The number of carbonyl (C=O) groups excluding carboxylic acids is 2. The number of benzene rings is 1. The van der Waals surface area contributed by atoms with E-state index in [0.717, 1.165) is 12.1 Å². The maximum absolute atomic E-state index is 12.5. The summed E-state index contributed by atoms with van der Waals surface area (Å²) in [5, 5.41) is 2.93. The summed E-state index contributed by atoms with van der Waals surface area (Å²) in [5.41, 5.74) is 2.03. The summed E-state index contributed by atoms with van der Waals surface area (Å²) in [6.45, 7) is 3.09. The summed E-state index contributed by atoms with van der Waals surface area (Å²) in [6, 6.07) is 7.75. The van der Waals surface area contributed by atoms with E-state index in [1.54, 1.807) is 23.9 Å². The molecule has 2 aliphatic heterocycles. The monoisotopic (exact) mass is 331 g/mol. The minimum Gasteiger partial charge on any atom is -0.370 e. The van der Waals surface area contributed by atoms with Crippen molar-refractivity contribution in [1.82, 2.24) is 9.80 Å². The van der Waals surface area contributed by atoms with Crippen LogP contribution in [0.1, 0.15) is 18.9 Å². The molecule has 2 fully saturated rings. The Morgan fingerprint density at radius 3 is 2.58 bits per heavy atom. The fourth-order valence-electron chi connectivity index (χ4n) is 3.44. The number of nitrogens with one attached hydrogen (secondary N) is 1. The molecule has 1 aromatic rings. The molecule has 130 valence electrons. The highest BCUT2D eigenvalue weighted by Gasteiger charge is 2.46. The Labute approximate surface area is 142 Å². The summed E-state index contributed by atoms with van der Waals surface area (Å²) in [7, 11) is 3.52. The van der Waals surface area contributed by atoms with Gasteiger partial charge in [0.25, 0.3) is 0 Å². The lowest BCUT2D eigenvalue weighted by Crippen LogP contribution is -2.49. The highest BCUT2D eigenvalue weighted by atomic mass is 16.5. The molecule has 0 radical (unpaired) electrons. The minimum absolute atomic E-state index is 0.0501. The summed E-state index contributed by atoms with van der Waals surface area (Å²) in [5.74, 6) is -0.0634. The van der Waals surface area contributed by atoms with Crippen molar-refractivity contribution in [3.8, 4) is 0 Å². The fraction of sp³-hybridized carbons (Fsp3) is 0.556. The van der Waals surface area contributed by atoms with Gasteiger partial charge in [0.05, 0.1) is 18.1 Å². The van der Waals surface area contributed by atoms with Gasteiger partial charge in [-0.2, -0.15) is 0 Å². The van der Waals surface area contributed by atoms with Gasteiger partial charge in [-0.05, 0) is 30.5 Å². The molecule has 0 spiro atoms. The van der Waals surface area contributed by atoms with E-state index in [1.807, 2.05) is 24.3 Å². The molecule has 3 atom stereocenters. The van der Waals surface area contributed by atoms with Gasteiger partial charge >= 0.3 is 6.03 Å². The van der Waals surface area contributed by atoms with E-state index in [1.165, 1.54) is 5.56 Å². The van der Waals surface area contributed by atoms with Gasteiger partial charge in [0, 0.05) is 32.9 Å². The largest absolute Gasteiger partial charge is 0.370 e. The Hall–Kier alpha value is -2.08. The molecule has 2 heterocycles. The molecule has 0 aliphatic carbocycles. The predicted molar refractivity (Wildman–Crippen MR) is 91.9 cm³/mol. The lowest BCUT2D eigenvalue weighted by atomic mass is 9.99. The number of amides is 3. The summed E-state index contributed by atoms with van der Waals surface area (Å²) < 4.78 is 5.87. The number of fused-ring (bicyclic) bond motifs is 2. The van der Waals surface area contributed by atoms with Gasteiger partial charge in [0.1, 0.15) is 0 Å². The number of likely N-dealkylation sites (tertiary alicyclic amines) is 1. The number of morpholine rings is 1. The molecule has 1 aromatic carbocycles. The Morgan fingerprint density at radius 2 is 1.96 bits per heavy atom. The molecule has 24 heavy (non-hydrogen) atoms. The van der Waals surface area contributed by atoms with Crippen LogP contribution in [0.5, 0.6) is 0 Å². The third-order valence-electron chi connectivity index (χ3n) is 4.82. The first kappa shape index (κ1) is 16.8. The third kappa shape index (κ3) is 3.38. The SMILES string of the molecule is CCc1ccc(NC(=O)N2CC3CC(C(=O)N(C)C)C(C2)O3)cc1. The number of carbonyl (C=O) groups is 2. The second-order valence-corrected chi connectivity index (χ2v) is 6.76. The zero-order valence-corrected chi connectivity index (χ0v) is 14.5. The molecule has 0 aromatic heterocycles. The second-order valence-electron chi connectivity index (χ2n) is 6.76. The van der Waals surface area contributed by atoms with E-state index in [4.69, 9.17) is 4.74 Å². The van der Waals surface area contributed by atoms with E-state index in [-0.39, 0.29) is 30.1 Å². The van der Waals surface area contributed by atoms with E-state index >= 15 is 0 Å². The average molecular weight is 331 g/mol. The second kappa shape index (κ2) is 6.81. The van der Waals surface area contributed by atoms with Gasteiger partial charge < -0.3 is 19.9 Å². The van der Waals surface area contributed by atoms with Gasteiger partial charge in [0.2, 0.25) is 5.91 Å². The Balaban J connectivity index is 1.62. The molecule has 6 heteroatoms. The van der Waals surface area contributed by atoms with E-state index in [9.17, 15) is 9.59 Å². The standard InChI is InChI=1S/C18H25N3O3/c1-4-12-5-7-13(8-6-12)19-18(23)21-10-14-9-15(16(11-21)24-14)17(22)20(2)3/h5-8,14-16H,4,9-11H2,1-3H3,(H,19,23). The lowest BCUT2D eigenvalue weighted by molar-refractivity contribution is -0.135. The third-order valence-corrected chi connectivity index (χ3v) is 4.82. The molecular formula is C18H25N3O3. The van der Waals surface area contributed by atoms with Crippen LogP contribution < -0.4 is 5.32 Å². The van der Waals surface area contributed by atoms with Gasteiger partial charge in [-0.1, -0.05) is 19.1 Å². The van der Waals surface area contributed by atoms with Crippen LogP contribution in [0.4, 0.5) is 10.5 Å². The highest BCUT2D eigenvalue weighted by molar-refractivity contribution is 5.89. The maximum Gasteiger partial charge on any atom is 0.322 e. The van der Waals surface area contributed by atoms with Crippen molar-refractivity contribution in [2.75, 3.05) is 32.5 Å². The van der Waals surface area contributed by atoms with E-state index in [2.05, 4.69) is 12.2 Å². The Bertz CT molecular complexity index is 614. The minimum atomic E-state index is -0.202. The van der Waals surface area contributed by atoms with E-state index < -0.39 is 0 Å². The fourth-order valence-corrected chi connectivity index (χ4v) is 3.44. The molecule has 1 N–H and O–H groups in total. The van der Waals surface area contributed by atoms with Crippen LogP contribution in [0.2, 0.25) is 0 Å². The molecule has 2 bridgehead atoms. The van der Waals surface area contributed by atoms with Crippen molar-refractivity contribution < 1.29 is 14.3 Å². The van der Waals surface area contributed by atoms with Crippen LogP contribution in [0.3, 0.4) is 0 Å². The zero-order valence-electron chi connectivity index (χ0n) is 14.5. The summed E-state index contributed by atoms with van der Waals surface area (Å²) in [4.78, 5) is 28.1. The van der Waals surface area contributed by atoms with Crippen molar-refractivity contribution in [3.63, 3.8) is 0 Å². The quantitative estimate of drug-likeness (QED) is 0.921. The number of anilines is 1. The van der Waals surface area contributed by atoms with Crippen molar-refractivity contribution in [1.29, 1.82) is 0 Å². The first-order valence-corrected chi connectivity index (χ1v) is 8.49. The number of ether oxygens (including phenoxy) is 1. The van der Waals surface area contributed by atoms with Crippen LogP contribution in [0.15, 0.2) is 24.3 Å². The molecular weight excluding hydrogens is 306 g/mol. The van der Waals surface area contributed by atoms with Gasteiger partial charge in [-0.3, -0.25) is 4.79 Å². The number of hydrogen-bond donors (Lipinski definition) is 1. The van der Waals surface area contributed by atoms with Gasteiger partial charge in [-0.25, -0.2) is 4.79 Å². The molecule has 2 saturated heterocycles. The van der Waals surface area contributed by atoms with Crippen molar-refractivity contribution in [2.45, 2.75) is 32.0 Å². The molecule has 2 aliphatic rings. The zero-order chi connectivity index (χ0) is 17.3. The van der Waals surface area contributed by atoms with Gasteiger partial charge in [-0.15, -0.1) is 0 Å². The Kier molecular flexibility index (Phi) is 4.76. The number of aryl methyl sites for hydroxylation is 1. The number of nitrogens with zero attached hydrogens (tertiary/aromatic N) is 2. The molecule has 3 amide bonds. The number of rotatable bonds is 3. The molecule has 3 unspecified atom stereocenters. The van der Waals surface area contributed by atoms with Crippen molar-refractivity contribution in [2.24, 2.45) is 5.92 Å². The normalized spacial score (nSPS) is 25.5. The number of hydrogen-bond acceptors (Lipinski definition) is 3. The Morgan fingerprint density at radius 1 is 1.25 bits per heavy atom. The van der Waals surface area contributed by atoms with Crippen LogP contribution in [-0.4, -0.2) is 61.1 Å². The highest BCUT2D eigenvalue weighted by Crippen LogP contribution is 2.33. The molecule has 0 saturated carbocycles. The maximum atomic E-state index is 12.5. The summed E-state index contributed by atoms with van der Waals surface area (Å²) >= 11 is 0. The topological polar surface area (TPSA) is 61.9 Å². The van der Waals surface area contributed by atoms with Crippen LogP contribution >= 0.6 is 0 Å². The lowest BCUT2D eigenvalue weighted by Gasteiger charge is -2.33. The van der Waals surface area contributed by atoms with Crippen molar-refractivity contribution >= 4 is 17.6 Å². The molecule has 3 rings (SSSR count). The summed E-state index contributed by atoms with van der Waals surface area (Å²) in [6.07, 6.45) is 1.41. The average Bonchev–Trinajstić information content (AvgIpc) is 2.88. The van der Waals surface area contributed by atoms with Crippen LogP contribution in [0, 0.1) is 5.92 Å². The van der Waals surface area contributed by atoms with E-state index in [0.29, 0.717) is 19.5 Å².